The van der Waals surface area contributed by atoms with Crippen molar-refractivity contribution in [3.05, 3.63) is 66.5 Å². The van der Waals surface area contributed by atoms with E-state index < -0.39 is 0 Å². The summed E-state index contributed by atoms with van der Waals surface area (Å²) in [5, 5.41) is 5.25. The van der Waals surface area contributed by atoms with Crippen LogP contribution in [0.2, 0.25) is 0 Å². The molecule has 2 heterocycles. The molecule has 4 aromatic rings. The maximum absolute atomic E-state index is 12.6. The highest BCUT2D eigenvalue weighted by Gasteiger charge is 2.10. The topological polar surface area (TPSA) is 49.8 Å². The Hall–Kier alpha value is -3.01. The maximum Gasteiger partial charge on any atom is 0.255 e. The molecular formula is C20H19N3O. The number of carbonyl (C=O) groups excluding carboxylic acids is 1. The van der Waals surface area contributed by atoms with Gasteiger partial charge in [0.25, 0.3) is 5.91 Å². The summed E-state index contributed by atoms with van der Waals surface area (Å²) in [5.74, 6) is -0.0979. The largest absolute Gasteiger partial charge is 0.361 e. The number of H-pyrrole nitrogens is 1. The lowest BCUT2D eigenvalue weighted by Crippen LogP contribution is -2.12. The zero-order valence-electron chi connectivity index (χ0n) is 13.7. The van der Waals surface area contributed by atoms with Crippen molar-refractivity contribution in [2.24, 2.45) is 0 Å². The summed E-state index contributed by atoms with van der Waals surface area (Å²) >= 11 is 0. The number of aromatic nitrogens is 2. The van der Waals surface area contributed by atoms with Gasteiger partial charge in [0.15, 0.2) is 0 Å². The molecule has 4 heteroatoms. The van der Waals surface area contributed by atoms with Crippen molar-refractivity contribution in [2.75, 3.05) is 5.32 Å². The molecule has 120 valence electrons. The van der Waals surface area contributed by atoms with Crippen LogP contribution in [0.25, 0.3) is 21.8 Å². The number of hydrogen-bond acceptors (Lipinski definition) is 1. The fourth-order valence-electron chi connectivity index (χ4n) is 3.07. The number of hydrogen-bond donors (Lipinski definition) is 2. The van der Waals surface area contributed by atoms with Crippen molar-refractivity contribution in [2.45, 2.75) is 19.9 Å². The first-order valence-corrected chi connectivity index (χ1v) is 8.11. The molecule has 0 bridgehead atoms. The Morgan fingerprint density at radius 2 is 1.88 bits per heavy atom. The highest BCUT2D eigenvalue weighted by molar-refractivity contribution is 6.06. The summed E-state index contributed by atoms with van der Waals surface area (Å²) in [5.41, 5.74) is 3.54. The number of nitrogens with zero attached hydrogens (tertiary/aromatic N) is 1. The molecule has 0 spiro atoms. The van der Waals surface area contributed by atoms with E-state index in [0.717, 1.165) is 27.5 Å². The van der Waals surface area contributed by atoms with Gasteiger partial charge in [0.1, 0.15) is 0 Å². The fourth-order valence-corrected chi connectivity index (χ4v) is 3.07. The summed E-state index contributed by atoms with van der Waals surface area (Å²) in [6.45, 7) is 4.27. The molecule has 0 saturated heterocycles. The molecule has 2 aromatic carbocycles. The number of aromatic amines is 1. The number of nitrogens with one attached hydrogen (secondary N) is 2. The lowest BCUT2D eigenvalue weighted by Gasteiger charge is -2.10. The van der Waals surface area contributed by atoms with Crippen LogP contribution in [0.4, 0.5) is 5.69 Å². The summed E-state index contributed by atoms with van der Waals surface area (Å²) < 4.78 is 2.18. The monoisotopic (exact) mass is 317 g/mol. The number of carbonyl (C=O) groups is 1. The molecule has 2 aromatic heterocycles. The predicted octanol–water partition coefficient (Wildman–Crippen LogP) is 4.96. The second kappa shape index (κ2) is 5.57. The van der Waals surface area contributed by atoms with E-state index in [2.05, 4.69) is 41.0 Å². The Bertz CT molecular complexity index is 1040. The highest BCUT2D eigenvalue weighted by Crippen LogP contribution is 2.23. The summed E-state index contributed by atoms with van der Waals surface area (Å²) in [7, 11) is 0. The van der Waals surface area contributed by atoms with Crippen LogP contribution >= 0.6 is 0 Å². The lowest BCUT2D eigenvalue weighted by atomic mass is 10.1. The number of amides is 1. The van der Waals surface area contributed by atoms with Gasteiger partial charge in [-0.25, -0.2) is 0 Å². The number of rotatable bonds is 3. The molecule has 24 heavy (non-hydrogen) atoms. The van der Waals surface area contributed by atoms with Crippen molar-refractivity contribution in [3.63, 3.8) is 0 Å². The minimum atomic E-state index is -0.0979. The minimum absolute atomic E-state index is 0.0979. The van der Waals surface area contributed by atoms with Gasteiger partial charge < -0.3 is 14.9 Å². The molecule has 0 fully saturated rings. The second-order valence-corrected chi connectivity index (χ2v) is 6.32. The fraction of sp³-hybridized carbons (Fsp3) is 0.150. The maximum atomic E-state index is 12.6. The van der Waals surface area contributed by atoms with Crippen molar-refractivity contribution in [1.29, 1.82) is 0 Å². The normalized spacial score (nSPS) is 11.5. The molecule has 0 radical (unpaired) electrons. The van der Waals surface area contributed by atoms with E-state index in [1.807, 2.05) is 48.7 Å². The van der Waals surface area contributed by atoms with Crippen molar-refractivity contribution < 1.29 is 4.79 Å². The SMILES string of the molecule is CC(C)n1ccc2ccc(C(=O)Nc3ccc4cc[nH]c4c3)cc21. The molecule has 0 aliphatic heterocycles. The molecule has 0 atom stereocenters. The summed E-state index contributed by atoms with van der Waals surface area (Å²) in [6.07, 6.45) is 3.96. The Kier molecular flexibility index (Phi) is 3.38. The van der Waals surface area contributed by atoms with Crippen LogP contribution in [0, 0.1) is 0 Å². The molecule has 1 amide bonds. The quantitative estimate of drug-likeness (QED) is 0.551. The molecule has 0 unspecified atom stereocenters. The Labute approximate surface area is 140 Å². The second-order valence-electron chi connectivity index (χ2n) is 6.32. The first-order valence-electron chi connectivity index (χ1n) is 8.11. The first-order chi connectivity index (χ1) is 11.6. The molecule has 4 rings (SSSR count). The van der Waals surface area contributed by atoms with Gasteiger partial charge in [-0.2, -0.15) is 0 Å². The van der Waals surface area contributed by atoms with Crippen LogP contribution in [0.1, 0.15) is 30.2 Å². The molecule has 2 N–H and O–H groups in total. The minimum Gasteiger partial charge on any atom is -0.361 e. The van der Waals surface area contributed by atoms with Crippen molar-refractivity contribution in [3.8, 4) is 0 Å². The predicted molar refractivity (Wildman–Crippen MR) is 98.6 cm³/mol. The number of benzene rings is 2. The smallest absolute Gasteiger partial charge is 0.255 e. The van der Waals surface area contributed by atoms with E-state index >= 15 is 0 Å². The highest BCUT2D eigenvalue weighted by atomic mass is 16.1. The standard InChI is InChI=1S/C20H19N3O/c1-13(2)23-10-8-15-3-4-16(11-19(15)23)20(24)22-17-6-5-14-7-9-21-18(14)12-17/h3-13,21H,1-2H3,(H,22,24). The zero-order valence-corrected chi connectivity index (χ0v) is 13.7. The van der Waals surface area contributed by atoms with E-state index in [-0.39, 0.29) is 5.91 Å². The third-order valence-corrected chi connectivity index (χ3v) is 4.35. The summed E-state index contributed by atoms with van der Waals surface area (Å²) in [6, 6.07) is 16.1. The van der Waals surface area contributed by atoms with E-state index in [0.29, 0.717) is 11.6 Å². The van der Waals surface area contributed by atoms with Gasteiger partial charge in [-0.3, -0.25) is 4.79 Å². The average molecular weight is 317 g/mol. The van der Waals surface area contributed by atoms with Gasteiger partial charge in [-0.05, 0) is 61.0 Å². The molecule has 4 nitrogen and oxygen atoms in total. The Morgan fingerprint density at radius 1 is 1.04 bits per heavy atom. The van der Waals surface area contributed by atoms with E-state index in [1.54, 1.807) is 0 Å². The molecule has 0 aliphatic carbocycles. The third-order valence-electron chi connectivity index (χ3n) is 4.35. The summed E-state index contributed by atoms with van der Waals surface area (Å²) in [4.78, 5) is 15.8. The molecule has 0 aliphatic rings. The first kappa shape index (κ1) is 14.6. The average Bonchev–Trinajstić information content (AvgIpc) is 3.20. The third kappa shape index (κ3) is 2.46. The van der Waals surface area contributed by atoms with Gasteiger partial charge in [0, 0.05) is 40.7 Å². The van der Waals surface area contributed by atoms with E-state index in [9.17, 15) is 4.79 Å². The van der Waals surface area contributed by atoms with Crippen LogP contribution in [0.15, 0.2) is 60.9 Å². The van der Waals surface area contributed by atoms with Gasteiger partial charge in [0.05, 0.1) is 0 Å². The lowest BCUT2D eigenvalue weighted by molar-refractivity contribution is 0.102. The van der Waals surface area contributed by atoms with Crippen LogP contribution in [0.3, 0.4) is 0 Å². The van der Waals surface area contributed by atoms with Crippen LogP contribution in [0.5, 0.6) is 0 Å². The number of fused-ring (bicyclic) bond motifs is 2. The van der Waals surface area contributed by atoms with Crippen LogP contribution < -0.4 is 5.32 Å². The number of anilines is 1. The van der Waals surface area contributed by atoms with E-state index in [1.165, 1.54) is 0 Å². The molecular weight excluding hydrogens is 298 g/mol. The van der Waals surface area contributed by atoms with Crippen LogP contribution in [-0.2, 0) is 0 Å². The Balaban J connectivity index is 1.65. The van der Waals surface area contributed by atoms with Crippen molar-refractivity contribution >= 4 is 33.4 Å². The van der Waals surface area contributed by atoms with Gasteiger partial charge in [0.2, 0.25) is 0 Å². The Morgan fingerprint density at radius 3 is 2.71 bits per heavy atom. The van der Waals surface area contributed by atoms with Crippen molar-refractivity contribution in [1.82, 2.24) is 9.55 Å². The van der Waals surface area contributed by atoms with Gasteiger partial charge >= 0.3 is 0 Å². The van der Waals surface area contributed by atoms with E-state index in [4.69, 9.17) is 0 Å². The van der Waals surface area contributed by atoms with Crippen LogP contribution in [-0.4, -0.2) is 15.5 Å². The van der Waals surface area contributed by atoms with Gasteiger partial charge in [-0.1, -0.05) is 12.1 Å². The molecule has 0 saturated carbocycles. The van der Waals surface area contributed by atoms with Gasteiger partial charge in [-0.15, -0.1) is 0 Å². The zero-order chi connectivity index (χ0) is 16.7.